The molecule has 4 nitrogen and oxygen atoms in total. The van der Waals surface area contributed by atoms with Gasteiger partial charge in [0, 0.05) is 16.1 Å². The smallest absolute Gasteiger partial charge is 0.189 e. The molecule has 0 aromatic heterocycles. The van der Waals surface area contributed by atoms with Gasteiger partial charge in [-0.2, -0.15) is 0 Å². The number of ketones is 1. The van der Waals surface area contributed by atoms with Crippen LogP contribution in [0.15, 0.2) is 43.8 Å². The van der Waals surface area contributed by atoms with Gasteiger partial charge in [0.05, 0.1) is 14.5 Å². The molecule has 0 heterocycles. The first-order chi connectivity index (χ1) is 10.3. The van der Waals surface area contributed by atoms with Gasteiger partial charge in [0.25, 0.3) is 0 Å². The molecule has 0 fully saturated rings. The second-order valence-corrected chi connectivity index (χ2v) is 6.97. The second-order valence-electron chi connectivity index (χ2n) is 4.34. The number of aromatic hydroxyl groups is 3. The van der Waals surface area contributed by atoms with Gasteiger partial charge in [-0.15, -0.1) is 0 Å². The number of hydrogen-bond donors (Lipinski definition) is 3. The zero-order valence-corrected chi connectivity index (χ0v) is 15.6. The summed E-state index contributed by atoms with van der Waals surface area (Å²) >= 11 is 9.58. The lowest BCUT2D eigenvalue weighted by Gasteiger charge is -2.05. The van der Waals surface area contributed by atoms with Crippen LogP contribution >= 0.6 is 47.8 Å². The van der Waals surface area contributed by atoms with Gasteiger partial charge in [-0.3, -0.25) is 4.79 Å². The molecule has 7 heteroatoms. The van der Waals surface area contributed by atoms with E-state index >= 15 is 0 Å². The third kappa shape index (κ3) is 3.71. The van der Waals surface area contributed by atoms with Crippen LogP contribution in [0, 0.1) is 0 Å². The molecular formula is C15H9Br3O4. The molecule has 0 aliphatic rings. The topological polar surface area (TPSA) is 77.8 Å². The van der Waals surface area contributed by atoms with Crippen LogP contribution in [0.5, 0.6) is 17.2 Å². The first-order valence-corrected chi connectivity index (χ1v) is 8.29. The Morgan fingerprint density at radius 3 is 2.27 bits per heavy atom. The van der Waals surface area contributed by atoms with Gasteiger partial charge in [-0.25, -0.2) is 0 Å². The molecule has 2 aromatic carbocycles. The Kier molecular flexibility index (Phi) is 5.31. The zero-order valence-electron chi connectivity index (χ0n) is 10.8. The molecule has 3 N–H and O–H groups in total. The third-order valence-corrected chi connectivity index (χ3v) is 4.50. The Morgan fingerprint density at radius 1 is 0.909 bits per heavy atom. The lowest BCUT2D eigenvalue weighted by molar-refractivity contribution is 0.104. The molecule has 22 heavy (non-hydrogen) atoms. The number of carbonyl (C=O) groups excluding carboxylic acids is 1. The van der Waals surface area contributed by atoms with Crippen molar-refractivity contribution in [2.75, 3.05) is 0 Å². The number of halogens is 3. The minimum atomic E-state index is -0.464. The van der Waals surface area contributed by atoms with Gasteiger partial charge in [0.2, 0.25) is 0 Å². The standard InChI is InChI=1S/C15H9Br3O4/c16-8-3-7(15(22)11(18)4-8)1-2-12(19)9-5-10(17)14(21)6-13(9)20/h1-6,20-22H/b2-1+. The Hall–Kier alpha value is -1.31. The lowest BCUT2D eigenvalue weighted by Crippen LogP contribution is -1.95. The fourth-order valence-electron chi connectivity index (χ4n) is 1.72. The largest absolute Gasteiger partial charge is 0.507 e. The zero-order chi connectivity index (χ0) is 16.4. The molecule has 0 atom stereocenters. The summed E-state index contributed by atoms with van der Waals surface area (Å²) in [7, 11) is 0. The van der Waals surface area contributed by atoms with E-state index in [-0.39, 0.29) is 22.8 Å². The molecule has 2 rings (SSSR count). The fraction of sp³-hybridized carbons (Fsp3) is 0. The molecule has 0 aliphatic heterocycles. The minimum Gasteiger partial charge on any atom is -0.507 e. The van der Waals surface area contributed by atoms with Gasteiger partial charge >= 0.3 is 0 Å². The molecule has 0 saturated heterocycles. The quantitative estimate of drug-likeness (QED) is 0.417. The maximum atomic E-state index is 12.1. The second kappa shape index (κ2) is 6.85. The molecule has 0 unspecified atom stereocenters. The number of hydrogen-bond acceptors (Lipinski definition) is 4. The number of phenolic OH excluding ortho intramolecular Hbond substituents is 3. The monoisotopic (exact) mass is 490 g/mol. The first kappa shape index (κ1) is 17.1. The number of allylic oxidation sites excluding steroid dienone is 1. The summed E-state index contributed by atoms with van der Waals surface area (Å²) in [5.41, 5.74) is 0.474. The highest BCUT2D eigenvalue weighted by Gasteiger charge is 2.12. The van der Waals surface area contributed by atoms with Gasteiger partial charge < -0.3 is 15.3 Å². The Labute approximate surface area is 151 Å². The number of phenols is 3. The van der Waals surface area contributed by atoms with Crippen molar-refractivity contribution >= 4 is 59.6 Å². The van der Waals surface area contributed by atoms with Gasteiger partial charge in [-0.05, 0) is 62.2 Å². The van der Waals surface area contributed by atoms with E-state index in [0.29, 0.717) is 14.5 Å². The van der Waals surface area contributed by atoms with Crippen molar-refractivity contribution in [1.29, 1.82) is 0 Å². The van der Waals surface area contributed by atoms with Crippen molar-refractivity contribution in [3.8, 4) is 17.2 Å². The van der Waals surface area contributed by atoms with Crippen LogP contribution in [0.25, 0.3) is 6.08 Å². The predicted octanol–water partition coefficient (Wildman–Crippen LogP) is 4.99. The molecular weight excluding hydrogens is 484 g/mol. The molecule has 0 spiro atoms. The summed E-state index contributed by atoms with van der Waals surface area (Å²) in [5, 5.41) is 29.1. The highest BCUT2D eigenvalue weighted by Crippen LogP contribution is 2.34. The van der Waals surface area contributed by atoms with Crippen LogP contribution in [0.4, 0.5) is 0 Å². The average Bonchev–Trinajstić information content (AvgIpc) is 2.44. The van der Waals surface area contributed by atoms with Crippen LogP contribution in [0.2, 0.25) is 0 Å². The Bertz CT molecular complexity index is 785. The fourth-order valence-corrected chi connectivity index (χ4v) is 3.32. The summed E-state index contributed by atoms with van der Waals surface area (Å²) < 4.78 is 1.53. The summed E-state index contributed by atoms with van der Waals surface area (Å²) in [6.07, 6.45) is 2.67. The number of carbonyl (C=O) groups is 1. The van der Waals surface area contributed by atoms with E-state index in [0.717, 1.165) is 10.5 Å². The van der Waals surface area contributed by atoms with E-state index in [1.165, 1.54) is 18.2 Å². The summed E-state index contributed by atoms with van der Waals surface area (Å²) in [6, 6.07) is 5.74. The van der Waals surface area contributed by atoms with Crippen molar-refractivity contribution in [2.45, 2.75) is 0 Å². The first-order valence-electron chi connectivity index (χ1n) is 5.91. The SMILES string of the molecule is O=C(/C=C/c1cc(Br)cc(Br)c1O)c1cc(Br)c(O)cc1O. The van der Waals surface area contributed by atoms with E-state index < -0.39 is 5.78 Å². The number of rotatable bonds is 3. The van der Waals surface area contributed by atoms with Crippen molar-refractivity contribution < 1.29 is 20.1 Å². The van der Waals surface area contributed by atoms with Crippen LogP contribution < -0.4 is 0 Å². The van der Waals surface area contributed by atoms with Crippen LogP contribution in [-0.4, -0.2) is 21.1 Å². The van der Waals surface area contributed by atoms with E-state index in [9.17, 15) is 20.1 Å². The van der Waals surface area contributed by atoms with Gasteiger partial charge in [-0.1, -0.05) is 15.9 Å². The molecule has 0 amide bonds. The molecule has 0 saturated carbocycles. The maximum Gasteiger partial charge on any atom is 0.189 e. The lowest BCUT2D eigenvalue weighted by atomic mass is 10.1. The van der Waals surface area contributed by atoms with Gasteiger partial charge in [0.1, 0.15) is 17.2 Å². The summed E-state index contributed by atoms with van der Waals surface area (Å²) in [5.74, 6) is -0.946. The molecule has 0 aliphatic carbocycles. The van der Waals surface area contributed by atoms with E-state index in [2.05, 4.69) is 47.8 Å². The molecule has 114 valence electrons. The normalized spacial score (nSPS) is 11.0. The van der Waals surface area contributed by atoms with Crippen LogP contribution in [0.3, 0.4) is 0 Å². The minimum absolute atomic E-state index is 0.00311. The highest BCUT2D eigenvalue weighted by atomic mass is 79.9. The van der Waals surface area contributed by atoms with Crippen LogP contribution in [-0.2, 0) is 0 Å². The summed E-state index contributed by atoms with van der Waals surface area (Å²) in [6.45, 7) is 0. The van der Waals surface area contributed by atoms with Crippen molar-refractivity contribution in [1.82, 2.24) is 0 Å². The predicted molar refractivity (Wildman–Crippen MR) is 94.3 cm³/mol. The van der Waals surface area contributed by atoms with E-state index in [1.54, 1.807) is 12.1 Å². The average molecular weight is 493 g/mol. The third-order valence-electron chi connectivity index (χ3n) is 2.80. The maximum absolute atomic E-state index is 12.1. The molecule has 2 aromatic rings. The Morgan fingerprint density at radius 2 is 1.59 bits per heavy atom. The van der Waals surface area contributed by atoms with Crippen LogP contribution in [0.1, 0.15) is 15.9 Å². The highest BCUT2D eigenvalue weighted by molar-refractivity contribution is 9.11. The van der Waals surface area contributed by atoms with Crippen molar-refractivity contribution in [2.24, 2.45) is 0 Å². The Balaban J connectivity index is 2.35. The molecule has 0 bridgehead atoms. The van der Waals surface area contributed by atoms with Crippen molar-refractivity contribution in [3.63, 3.8) is 0 Å². The summed E-state index contributed by atoms with van der Waals surface area (Å²) in [4.78, 5) is 12.1. The van der Waals surface area contributed by atoms with Gasteiger partial charge in [0.15, 0.2) is 5.78 Å². The van der Waals surface area contributed by atoms with E-state index in [4.69, 9.17) is 0 Å². The van der Waals surface area contributed by atoms with E-state index in [1.807, 2.05) is 0 Å². The number of benzene rings is 2. The molecule has 0 radical (unpaired) electrons. The van der Waals surface area contributed by atoms with Crippen molar-refractivity contribution in [3.05, 3.63) is 54.9 Å².